The van der Waals surface area contributed by atoms with E-state index in [2.05, 4.69) is 9.71 Å². The van der Waals surface area contributed by atoms with Crippen LogP contribution in [0.1, 0.15) is 13.3 Å². The monoisotopic (exact) mass is 242 g/mol. The number of nitrogens with zero attached hydrogens (tertiary/aromatic N) is 3. The quantitative estimate of drug-likeness (QED) is 0.766. The SMILES string of the molecule is CCC(C#N)S(=O)(=O)NCCn1ccnc1. The maximum Gasteiger partial charge on any atom is 0.228 e. The first-order chi connectivity index (χ1) is 7.60. The molecule has 1 atom stereocenters. The highest BCUT2D eigenvalue weighted by Gasteiger charge is 2.22. The molecule has 7 heteroatoms. The molecular formula is C9H14N4O2S. The summed E-state index contributed by atoms with van der Waals surface area (Å²) in [6.07, 6.45) is 5.27. The molecule has 0 spiro atoms. The summed E-state index contributed by atoms with van der Waals surface area (Å²) in [4.78, 5) is 3.84. The van der Waals surface area contributed by atoms with Crippen molar-refractivity contribution in [1.29, 1.82) is 5.26 Å². The van der Waals surface area contributed by atoms with Crippen molar-refractivity contribution in [2.75, 3.05) is 6.54 Å². The topological polar surface area (TPSA) is 87.8 Å². The lowest BCUT2D eigenvalue weighted by Gasteiger charge is -2.09. The van der Waals surface area contributed by atoms with Gasteiger partial charge in [0.15, 0.2) is 5.25 Å². The van der Waals surface area contributed by atoms with Crippen molar-refractivity contribution in [2.24, 2.45) is 0 Å². The molecule has 0 aliphatic heterocycles. The van der Waals surface area contributed by atoms with Crippen LogP contribution in [-0.2, 0) is 16.6 Å². The van der Waals surface area contributed by atoms with Gasteiger partial charge in [-0.2, -0.15) is 5.26 Å². The van der Waals surface area contributed by atoms with Gasteiger partial charge in [-0.3, -0.25) is 0 Å². The van der Waals surface area contributed by atoms with Crippen molar-refractivity contribution < 1.29 is 8.42 Å². The minimum Gasteiger partial charge on any atom is -0.336 e. The molecular weight excluding hydrogens is 228 g/mol. The summed E-state index contributed by atoms with van der Waals surface area (Å²) in [5.41, 5.74) is 0. The predicted octanol–water partition coefficient (Wildman–Crippen LogP) is 0.105. The molecule has 0 radical (unpaired) electrons. The van der Waals surface area contributed by atoms with Crippen LogP contribution >= 0.6 is 0 Å². The van der Waals surface area contributed by atoms with E-state index in [0.717, 1.165) is 0 Å². The van der Waals surface area contributed by atoms with E-state index in [0.29, 0.717) is 6.54 Å². The molecule has 0 saturated carbocycles. The van der Waals surface area contributed by atoms with E-state index in [9.17, 15) is 8.42 Å². The second-order valence-corrected chi connectivity index (χ2v) is 5.21. The van der Waals surface area contributed by atoms with Gasteiger partial charge in [0.25, 0.3) is 0 Å². The van der Waals surface area contributed by atoms with Gasteiger partial charge in [0.05, 0.1) is 12.4 Å². The molecule has 16 heavy (non-hydrogen) atoms. The third-order valence-electron chi connectivity index (χ3n) is 2.12. The lowest BCUT2D eigenvalue weighted by Crippen LogP contribution is -2.35. The fraction of sp³-hybridized carbons (Fsp3) is 0.556. The number of imidazole rings is 1. The zero-order valence-corrected chi connectivity index (χ0v) is 9.81. The first kappa shape index (κ1) is 12.7. The Morgan fingerprint density at radius 2 is 2.38 bits per heavy atom. The van der Waals surface area contributed by atoms with Crippen LogP contribution in [0.4, 0.5) is 0 Å². The maximum atomic E-state index is 11.6. The summed E-state index contributed by atoms with van der Waals surface area (Å²) in [5, 5.41) is 7.68. The Bertz CT molecular complexity index is 446. The average Bonchev–Trinajstić information content (AvgIpc) is 2.71. The number of nitrogens with one attached hydrogen (secondary N) is 1. The Balaban J connectivity index is 2.46. The minimum absolute atomic E-state index is 0.261. The third-order valence-corrected chi connectivity index (χ3v) is 3.92. The van der Waals surface area contributed by atoms with Gasteiger partial charge in [-0.15, -0.1) is 0 Å². The lowest BCUT2D eigenvalue weighted by molar-refractivity contribution is 0.564. The number of aromatic nitrogens is 2. The number of nitriles is 1. The Labute approximate surface area is 95.0 Å². The second-order valence-electron chi connectivity index (χ2n) is 3.27. The summed E-state index contributed by atoms with van der Waals surface area (Å²) in [5.74, 6) is 0. The van der Waals surface area contributed by atoms with Crippen molar-refractivity contribution in [2.45, 2.75) is 25.1 Å². The number of hydrogen-bond acceptors (Lipinski definition) is 4. The molecule has 0 bridgehead atoms. The Morgan fingerprint density at radius 3 is 2.88 bits per heavy atom. The van der Waals surface area contributed by atoms with E-state index in [1.165, 1.54) is 0 Å². The van der Waals surface area contributed by atoms with Crippen molar-refractivity contribution >= 4 is 10.0 Å². The molecule has 0 amide bonds. The highest BCUT2D eigenvalue weighted by Crippen LogP contribution is 2.02. The van der Waals surface area contributed by atoms with Gasteiger partial charge in [-0.1, -0.05) is 6.92 Å². The highest BCUT2D eigenvalue weighted by molar-refractivity contribution is 7.90. The van der Waals surface area contributed by atoms with Crippen LogP contribution in [0.5, 0.6) is 0 Å². The number of hydrogen-bond donors (Lipinski definition) is 1. The zero-order chi connectivity index (χ0) is 12.0. The largest absolute Gasteiger partial charge is 0.336 e. The predicted molar refractivity (Wildman–Crippen MR) is 58.8 cm³/mol. The molecule has 1 aromatic heterocycles. The molecule has 0 aromatic carbocycles. The van der Waals surface area contributed by atoms with Crippen LogP contribution < -0.4 is 4.72 Å². The van der Waals surface area contributed by atoms with Gasteiger partial charge in [-0.25, -0.2) is 18.1 Å². The molecule has 1 unspecified atom stereocenters. The van der Waals surface area contributed by atoms with E-state index >= 15 is 0 Å². The van der Waals surface area contributed by atoms with Crippen molar-refractivity contribution in [3.63, 3.8) is 0 Å². The lowest BCUT2D eigenvalue weighted by atomic mass is 10.4. The Hall–Kier alpha value is -1.39. The van der Waals surface area contributed by atoms with Gasteiger partial charge in [-0.05, 0) is 6.42 Å². The summed E-state index contributed by atoms with van der Waals surface area (Å²) in [6, 6.07) is 1.77. The van der Waals surface area contributed by atoms with Gasteiger partial charge in [0, 0.05) is 25.5 Å². The van der Waals surface area contributed by atoms with Crippen LogP contribution in [0.2, 0.25) is 0 Å². The van der Waals surface area contributed by atoms with E-state index in [-0.39, 0.29) is 13.0 Å². The molecule has 1 rings (SSSR count). The normalized spacial score (nSPS) is 13.2. The molecule has 6 nitrogen and oxygen atoms in total. The molecule has 1 aromatic rings. The Kier molecular flexibility index (Phi) is 4.46. The van der Waals surface area contributed by atoms with Crippen molar-refractivity contribution in [1.82, 2.24) is 14.3 Å². The standard InChI is InChI=1S/C9H14N4O2S/c1-2-9(7-10)16(14,15)12-4-6-13-5-3-11-8-13/h3,5,8-9,12H,2,4,6H2,1H3. The van der Waals surface area contributed by atoms with Gasteiger partial charge in [0.2, 0.25) is 10.0 Å². The Morgan fingerprint density at radius 1 is 1.62 bits per heavy atom. The summed E-state index contributed by atoms with van der Waals surface area (Å²) < 4.78 is 27.3. The molecule has 88 valence electrons. The third kappa shape index (κ3) is 3.32. The van der Waals surface area contributed by atoms with Crippen LogP contribution in [0, 0.1) is 11.3 Å². The van der Waals surface area contributed by atoms with Crippen LogP contribution in [-0.4, -0.2) is 29.8 Å². The summed E-state index contributed by atoms with van der Waals surface area (Å²) >= 11 is 0. The zero-order valence-electron chi connectivity index (χ0n) is 9.00. The molecule has 0 fully saturated rings. The van der Waals surface area contributed by atoms with Crippen molar-refractivity contribution in [3.8, 4) is 6.07 Å². The maximum absolute atomic E-state index is 11.6. The van der Waals surface area contributed by atoms with E-state index in [1.807, 2.05) is 0 Å². The minimum atomic E-state index is -3.52. The first-order valence-electron chi connectivity index (χ1n) is 4.94. The van der Waals surface area contributed by atoms with Gasteiger partial charge >= 0.3 is 0 Å². The molecule has 0 saturated heterocycles. The van der Waals surface area contributed by atoms with Gasteiger partial charge < -0.3 is 4.57 Å². The fourth-order valence-corrected chi connectivity index (χ4v) is 2.37. The second kappa shape index (κ2) is 5.63. The summed E-state index contributed by atoms with van der Waals surface area (Å²) in [7, 11) is -3.52. The van der Waals surface area contributed by atoms with Crippen LogP contribution in [0.15, 0.2) is 18.7 Å². The number of sulfonamides is 1. The van der Waals surface area contributed by atoms with Gasteiger partial charge in [0.1, 0.15) is 0 Å². The van der Waals surface area contributed by atoms with E-state index in [4.69, 9.17) is 5.26 Å². The van der Waals surface area contributed by atoms with Crippen molar-refractivity contribution in [3.05, 3.63) is 18.7 Å². The highest BCUT2D eigenvalue weighted by atomic mass is 32.2. The van der Waals surface area contributed by atoms with Crippen LogP contribution in [0.25, 0.3) is 0 Å². The molecule has 0 aliphatic rings. The fourth-order valence-electron chi connectivity index (χ4n) is 1.22. The van der Waals surface area contributed by atoms with E-state index in [1.54, 1.807) is 36.3 Å². The van der Waals surface area contributed by atoms with E-state index < -0.39 is 15.3 Å². The molecule has 1 heterocycles. The molecule has 1 N–H and O–H groups in total. The molecule has 0 aliphatic carbocycles. The first-order valence-corrected chi connectivity index (χ1v) is 6.48. The average molecular weight is 242 g/mol. The number of rotatable bonds is 6. The van der Waals surface area contributed by atoms with Crippen LogP contribution in [0.3, 0.4) is 0 Å². The smallest absolute Gasteiger partial charge is 0.228 e. The summed E-state index contributed by atoms with van der Waals surface area (Å²) in [6.45, 7) is 2.43.